The number of anilines is 1. The Labute approximate surface area is 216 Å². The predicted octanol–water partition coefficient (Wildman–Crippen LogP) is 6.55. The largest absolute Gasteiger partial charge is 0.437 e. The SMILES string of the molecule is CC(=O)c1c(-c2ccc(C)cc2)oc2nc(N(CCc3ccccc3Cl)S(C)(=O)=O)c(C3CC3)cc12. The number of hydrogen-bond acceptors (Lipinski definition) is 5. The molecule has 0 amide bonds. The number of nitrogens with zero attached hydrogens (tertiary/aromatic N) is 2. The van der Waals surface area contributed by atoms with Gasteiger partial charge in [0.05, 0.1) is 17.2 Å². The van der Waals surface area contributed by atoms with E-state index in [1.807, 2.05) is 55.5 Å². The van der Waals surface area contributed by atoms with Crippen molar-refractivity contribution in [1.29, 1.82) is 0 Å². The Balaban J connectivity index is 1.66. The van der Waals surface area contributed by atoms with Crippen LogP contribution in [0.5, 0.6) is 0 Å². The average molecular weight is 523 g/mol. The number of fused-ring (bicyclic) bond motifs is 1. The predicted molar refractivity (Wildman–Crippen MR) is 144 cm³/mol. The minimum Gasteiger partial charge on any atom is -0.437 e. The highest BCUT2D eigenvalue weighted by Crippen LogP contribution is 2.46. The molecule has 2 aromatic heterocycles. The van der Waals surface area contributed by atoms with Crippen molar-refractivity contribution >= 4 is 44.3 Å². The van der Waals surface area contributed by atoms with Crippen LogP contribution in [0, 0.1) is 6.92 Å². The standard InChI is InChI=1S/C28H27ClN2O4S/c1-17-8-10-21(11-9-17)26-25(18(2)32)23-16-22(19-12-13-19)27(30-28(23)35-26)31(36(3,33)34)15-14-20-6-4-5-7-24(20)29/h4-11,16,19H,12-15H2,1-3H3. The van der Waals surface area contributed by atoms with Crippen molar-refractivity contribution in [2.45, 2.75) is 39.0 Å². The molecule has 0 radical (unpaired) electrons. The minimum atomic E-state index is -3.66. The fraction of sp³-hybridized carbons (Fsp3) is 0.286. The molecule has 0 bridgehead atoms. The summed E-state index contributed by atoms with van der Waals surface area (Å²) in [4.78, 5) is 17.5. The Kier molecular flexibility index (Phi) is 6.39. The molecule has 0 saturated heterocycles. The smallest absolute Gasteiger partial charge is 0.233 e. The maximum atomic E-state index is 13.0. The molecule has 0 unspecified atom stereocenters. The van der Waals surface area contributed by atoms with Crippen LogP contribution in [0.25, 0.3) is 22.4 Å². The van der Waals surface area contributed by atoms with Gasteiger partial charge in [0, 0.05) is 17.1 Å². The number of rotatable bonds is 8. The quantitative estimate of drug-likeness (QED) is 0.245. The molecule has 1 saturated carbocycles. The first-order valence-electron chi connectivity index (χ1n) is 11.9. The number of pyridine rings is 1. The van der Waals surface area contributed by atoms with E-state index in [4.69, 9.17) is 21.0 Å². The third kappa shape index (κ3) is 4.77. The Morgan fingerprint density at radius 3 is 2.44 bits per heavy atom. The van der Waals surface area contributed by atoms with Crippen LogP contribution in [-0.4, -0.2) is 32.0 Å². The lowest BCUT2D eigenvalue weighted by Crippen LogP contribution is -2.33. The molecule has 0 aliphatic heterocycles. The molecular formula is C28H27ClN2O4S. The number of halogens is 1. The first kappa shape index (κ1) is 24.5. The molecule has 6 nitrogen and oxygen atoms in total. The second kappa shape index (κ2) is 9.37. The average Bonchev–Trinajstić information content (AvgIpc) is 3.59. The van der Waals surface area contributed by atoms with Crippen LogP contribution in [0.4, 0.5) is 5.82 Å². The lowest BCUT2D eigenvalue weighted by atomic mass is 10.0. The van der Waals surface area contributed by atoms with E-state index in [1.165, 1.54) is 17.5 Å². The van der Waals surface area contributed by atoms with Crippen molar-refractivity contribution < 1.29 is 17.6 Å². The molecule has 1 aliphatic rings. The number of furan rings is 1. The highest BCUT2D eigenvalue weighted by atomic mass is 35.5. The van der Waals surface area contributed by atoms with E-state index in [1.54, 1.807) is 6.07 Å². The number of hydrogen-bond donors (Lipinski definition) is 0. The van der Waals surface area contributed by atoms with Gasteiger partial charge < -0.3 is 4.42 Å². The Morgan fingerprint density at radius 1 is 1.14 bits per heavy atom. The molecule has 1 fully saturated rings. The third-order valence-electron chi connectivity index (χ3n) is 6.55. The van der Waals surface area contributed by atoms with Crippen LogP contribution in [0.1, 0.15) is 52.7 Å². The molecule has 0 atom stereocenters. The lowest BCUT2D eigenvalue weighted by molar-refractivity contribution is 0.101. The molecule has 0 spiro atoms. The maximum Gasteiger partial charge on any atom is 0.233 e. The van der Waals surface area contributed by atoms with Crippen LogP contribution < -0.4 is 4.31 Å². The first-order valence-corrected chi connectivity index (χ1v) is 14.1. The van der Waals surface area contributed by atoms with E-state index in [-0.39, 0.29) is 24.0 Å². The highest BCUT2D eigenvalue weighted by Gasteiger charge is 2.34. The lowest BCUT2D eigenvalue weighted by Gasteiger charge is -2.24. The van der Waals surface area contributed by atoms with Gasteiger partial charge in [-0.2, -0.15) is 4.98 Å². The van der Waals surface area contributed by atoms with Gasteiger partial charge in [-0.3, -0.25) is 9.10 Å². The molecule has 36 heavy (non-hydrogen) atoms. The number of aryl methyl sites for hydroxylation is 1. The van der Waals surface area contributed by atoms with E-state index >= 15 is 0 Å². The summed E-state index contributed by atoms with van der Waals surface area (Å²) in [6.07, 6.45) is 3.51. The minimum absolute atomic E-state index is 0.126. The number of carbonyl (C=O) groups excluding carboxylic acids is 1. The molecule has 2 heterocycles. The van der Waals surface area contributed by atoms with E-state index in [0.29, 0.717) is 34.0 Å². The van der Waals surface area contributed by atoms with Crippen molar-refractivity contribution in [3.8, 4) is 11.3 Å². The van der Waals surface area contributed by atoms with Crippen molar-refractivity contribution in [2.75, 3.05) is 17.1 Å². The van der Waals surface area contributed by atoms with E-state index in [2.05, 4.69) is 0 Å². The molecular weight excluding hydrogens is 496 g/mol. The van der Waals surface area contributed by atoms with Gasteiger partial charge in [-0.05, 0) is 62.3 Å². The van der Waals surface area contributed by atoms with E-state index in [9.17, 15) is 13.2 Å². The number of aromatic nitrogens is 1. The van der Waals surface area contributed by atoms with Crippen LogP contribution in [-0.2, 0) is 16.4 Å². The van der Waals surface area contributed by atoms with Crippen LogP contribution in [0.2, 0.25) is 5.02 Å². The van der Waals surface area contributed by atoms with Crippen molar-refractivity contribution in [3.63, 3.8) is 0 Å². The Hall–Kier alpha value is -3.16. The highest BCUT2D eigenvalue weighted by molar-refractivity contribution is 7.92. The van der Waals surface area contributed by atoms with Crippen molar-refractivity contribution in [3.05, 3.63) is 81.9 Å². The number of benzene rings is 2. The molecule has 4 aromatic rings. The van der Waals surface area contributed by atoms with Gasteiger partial charge in [0.1, 0.15) is 11.6 Å². The fourth-order valence-electron chi connectivity index (χ4n) is 4.53. The van der Waals surface area contributed by atoms with Gasteiger partial charge in [0.2, 0.25) is 15.7 Å². The number of sulfonamides is 1. The molecule has 5 rings (SSSR count). The van der Waals surface area contributed by atoms with Gasteiger partial charge in [0.25, 0.3) is 0 Å². The van der Waals surface area contributed by atoms with E-state index < -0.39 is 10.0 Å². The number of carbonyl (C=O) groups is 1. The summed E-state index contributed by atoms with van der Waals surface area (Å²) in [5, 5.41) is 1.21. The molecule has 8 heteroatoms. The number of ketones is 1. The molecule has 2 aromatic carbocycles. The summed E-state index contributed by atoms with van der Waals surface area (Å²) in [5.74, 6) is 0.878. The van der Waals surface area contributed by atoms with Crippen molar-refractivity contribution in [1.82, 2.24) is 4.98 Å². The summed E-state index contributed by atoms with van der Waals surface area (Å²) < 4.78 is 33.4. The van der Waals surface area contributed by atoms with Crippen LogP contribution >= 0.6 is 11.6 Å². The van der Waals surface area contributed by atoms with Gasteiger partial charge >= 0.3 is 0 Å². The second-order valence-electron chi connectivity index (χ2n) is 9.43. The van der Waals surface area contributed by atoms with Gasteiger partial charge in [-0.15, -0.1) is 0 Å². The monoisotopic (exact) mass is 522 g/mol. The van der Waals surface area contributed by atoms with Crippen molar-refractivity contribution in [2.24, 2.45) is 0 Å². The summed E-state index contributed by atoms with van der Waals surface area (Å²) in [7, 11) is -3.66. The van der Waals surface area contributed by atoms with Crippen LogP contribution in [0.3, 0.4) is 0 Å². The topological polar surface area (TPSA) is 80.5 Å². The molecule has 186 valence electrons. The Bertz CT molecular complexity index is 1570. The normalized spacial score (nSPS) is 13.8. The zero-order chi connectivity index (χ0) is 25.6. The summed E-state index contributed by atoms with van der Waals surface area (Å²) in [6, 6.07) is 17.0. The molecule has 1 aliphatic carbocycles. The fourth-order valence-corrected chi connectivity index (χ4v) is 5.65. The van der Waals surface area contributed by atoms with Gasteiger partial charge in [0.15, 0.2) is 5.78 Å². The number of Topliss-reactive ketones (excluding diaryl/α,β-unsaturated/α-hetero) is 1. The molecule has 0 N–H and O–H groups in total. The Morgan fingerprint density at radius 2 is 1.83 bits per heavy atom. The van der Waals surface area contributed by atoms with Crippen LogP contribution in [0.15, 0.2) is 59.0 Å². The third-order valence-corrected chi connectivity index (χ3v) is 8.08. The maximum absolute atomic E-state index is 13.0. The summed E-state index contributed by atoms with van der Waals surface area (Å²) in [6.45, 7) is 3.69. The summed E-state index contributed by atoms with van der Waals surface area (Å²) in [5.41, 5.74) is 4.28. The van der Waals surface area contributed by atoms with E-state index in [0.717, 1.165) is 35.1 Å². The zero-order valence-corrected chi connectivity index (χ0v) is 22.0. The second-order valence-corrected chi connectivity index (χ2v) is 11.7. The summed E-state index contributed by atoms with van der Waals surface area (Å²) >= 11 is 6.33. The first-order chi connectivity index (χ1) is 17.1. The van der Waals surface area contributed by atoms with Gasteiger partial charge in [-0.25, -0.2) is 8.42 Å². The van der Waals surface area contributed by atoms with Gasteiger partial charge in [-0.1, -0.05) is 59.6 Å². The zero-order valence-electron chi connectivity index (χ0n) is 20.4.